The van der Waals surface area contributed by atoms with E-state index in [9.17, 15) is 10.2 Å². The number of nitrogens with zero attached hydrogens (tertiary/aromatic N) is 1. The third-order valence-corrected chi connectivity index (χ3v) is 2.85. The van der Waals surface area contributed by atoms with E-state index >= 15 is 0 Å². The molecular formula is C8H17NO2S. The Morgan fingerprint density at radius 3 is 2.42 bits per heavy atom. The maximum absolute atomic E-state index is 9.23. The summed E-state index contributed by atoms with van der Waals surface area (Å²) in [5, 5.41) is 18.5. The quantitative estimate of drug-likeness (QED) is 0.603. The molecule has 2 N–H and O–H groups in total. The van der Waals surface area contributed by atoms with Crippen LogP contribution in [0.5, 0.6) is 0 Å². The highest BCUT2D eigenvalue weighted by atomic mass is 32.2. The number of hydrogen-bond donors (Lipinski definition) is 2. The van der Waals surface area contributed by atoms with E-state index in [1.54, 1.807) is 0 Å². The molecule has 1 saturated heterocycles. The number of β-amino-alcohol motifs (C(OH)–C–C–N with tert-alkyl or cyclic N) is 2. The number of hydrogen-bond acceptors (Lipinski definition) is 4. The normalized spacial score (nSPS) is 31.2. The maximum Gasteiger partial charge on any atom is 0.0938 e. The minimum atomic E-state index is -0.528. The average Bonchev–Trinajstić information content (AvgIpc) is 2.32. The topological polar surface area (TPSA) is 43.7 Å². The van der Waals surface area contributed by atoms with Crippen LogP contribution in [0.1, 0.15) is 6.42 Å². The molecule has 0 aromatic carbocycles. The molecule has 0 amide bonds. The van der Waals surface area contributed by atoms with Crippen molar-refractivity contribution in [3.8, 4) is 0 Å². The van der Waals surface area contributed by atoms with Gasteiger partial charge in [0.2, 0.25) is 0 Å². The van der Waals surface area contributed by atoms with Gasteiger partial charge >= 0.3 is 0 Å². The van der Waals surface area contributed by atoms with Crippen LogP contribution in [0.3, 0.4) is 0 Å². The van der Waals surface area contributed by atoms with Crippen LogP contribution in [0.2, 0.25) is 0 Å². The first kappa shape index (κ1) is 10.3. The Kier molecular flexibility index (Phi) is 4.35. The summed E-state index contributed by atoms with van der Waals surface area (Å²) in [5.74, 6) is 1.16. The van der Waals surface area contributed by atoms with E-state index in [0.29, 0.717) is 13.1 Å². The number of aliphatic hydroxyl groups excluding tert-OH is 2. The number of likely N-dealkylation sites (tertiary alicyclic amines) is 1. The first-order valence-electron chi connectivity index (χ1n) is 4.31. The molecule has 0 radical (unpaired) electrons. The molecule has 0 spiro atoms. The first-order chi connectivity index (χ1) is 5.74. The van der Waals surface area contributed by atoms with Crippen molar-refractivity contribution < 1.29 is 10.2 Å². The summed E-state index contributed by atoms with van der Waals surface area (Å²) < 4.78 is 0. The molecule has 1 aliphatic rings. The zero-order valence-electron chi connectivity index (χ0n) is 7.44. The molecule has 72 valence electrons. The van der Waals surface area contributed by atoms with Gasteiger partial charge in [-0.25, -0.2) is 0 Å². The van der Waals surface area contributed by atoms with Gasteiger partial charge in [-0.15, -0.1) is 0 Å². The molecule has 0 saturated carbocycles. The summed E-state index contributed by atoms with van der Waals surface area (Å²) in [6.45, 7) is 2.26. The van der Waals surface area contributed by atoms with E-state index in [4.69, 9.17) is 0 Å². The van der Waals surface area contributed by atoms with Crippen molar-refractivity contribution in [2.45, 2.75) is 18.6 Å². The van der Waals surface area contributed by atoms with Crippen molar-refractivity contribution in [2.24, 2.45) is 0 Å². The van der Waals surface area contributed by atoms with E-state index < -0.39 is 12.2 Å². The largest absolute Gasteiger partial charge is 0.389 e. The van der Waals surface area contributed by atoms with Crippen LogP contribution in [0.15, 0.2) is 0 Å². The molecule has 0 aliphatic carbocycles. The van der Waals surface area contributed by atoms with Gasteiger partial charge in [0.1, 0.15) is 0 Å². The lowest BCUT2D eigenvalue weighted by Crippen LogP contribution is -2.23. The highest BCUT2D eigenvalue weighted by Crippen LogP contribution is 2.10. The van der Waals surface area contributed by atoms with Crippen molar-refractivity contribution in [1.29, 1.82) is 0 Å². The molecule has 1 rings (SSSR count). The second kappa shape index (κ2) is 5.07. The standard InChI is InChI=1S/C8H17NO2S/c1-12-4-2-3-9-5-7(10)8(11)6-9/h7-8,10-11H,2-6H2,1H3/t7-,8+. The minimum absolute atomic E-state index is 0.528. The summed E-state index contributed by atoms with van der Waals surface area (Å²) >= 11 is 1.83. The fraction of sp³-hybridized carbons (Fsp3) is 1.00. The van der Waals surface area contributed by atoms with E-state index in [1.165, 1.54) is 0 Å². The number of aliphatic hydroxyl groups is 2. The second-order valence-electron chi connectivity index (χ2n) is 3.24. The van der Waals surface area contributed by atoms with E-state index in [2.05, 4.69) is 11.2 Å². The van der Waals surface area contributed by atoms with E-state index in [0.717, 1.165) is 18.7 Å². The van der Waals surface area contributed by atoms with Crippen LogP contribution in [0.4, 0.5) is 0 Å². The third kappa shape index (κ3) is 2.94. The number of rotatable bonds is 4. The molecular weight excluding hydrogens is 174 g/mol. The van der Waals surface area contributed by atoms with E-state index in [-0.39, 0.29) is 0 Å². The Hall–Kier alpha value is 0.230. The molecule has 2 atom stereocenters. The Morgan fingerprint density at radius 2 is 1.92 bits per heavy atom. The number of thioether (sulfide) groups is 1. The monoisotopic (exact) mass is 191 g/mol. The van der Waals surface area contributed by atoms with Gasteiger partial charge < -0.3 is 10.2 Å². The van der Waals surface area contributed by atoms with Crippen molar-refractivity contribution >= 4 is 11.8 Å². The molecule has 3 nitrogen and oxygen atoms in total. The van der Waals surface area contributed by atoms with Gasteiger partial charge in [-0.1, -0.05) is 0 Å². The Morgan fingerprint density at radius 1 is 1.33 bits per heavy atom. The lowest BCUT2D eigenvalue weighted by Gasteiger charge is -2.13. The smallest absolute Gasteiger partial charge is 0.0938 e. The van der Waals surface area contributed by atoms with Gasteiger partial charge in [0.05, 0.1) is 12.2 Å². The van der Waals surface area contributed by atoms with Gasteiger partial charge in [0, 0.05) is 13.1 Å². The first-order valence-corrected chi connectivity index (χ1v) is 5.71. The summed E-state index contributed by atoms with van der Waals surface area (Å²) in [5.41, 5.74) is 0. The molecule has 0 unspecified atom stereocenters. The summed E-state index contributed by atoms with van der Waals surface area (Å²) in [6, 6.07) is 0. The van der Waals surface area contributed by atoms with Gasteiger partial charge in [0.15, 0.2) is 0 Å². The third-order valence-electron chi connectivity index (χ3n) is 2.16. The van der Waals surface area contributed by atoms with Crippen molar-refractivity contribution in [2.75, 3.05) is 31.6 Å². The van der Waals surface area contributed by atoms with Gasteiger partial charge in [0.25, 0.3) is 0 Å². The van der Waals surface area contributed by atoms with Crippen LogP contribution in [-0.4, -0.2) is 59.0 Å². The average molecular weight is 191 g/mol. The van der Waals surface area contributed by atoms with Crippen LogP contribution in [0, 0.1) is 0 Å². The van der Waals surface area contributed by atoms with Gasteiger partial charge in [-0.2, -0.15) is 11.8 Å². The Balaban J connectivity index is 2.10. The predicted octanol–water partition coefficient (Wildman–Crippen LogP) is -0.223. The SMILES string of the molecule is CSCCCN1C[C@@H](O)[C@@H](O)C1. The fourth-order valence-corrected chi connectivity index (χ4v) is 1.88. The molecule has 0 bridgehead atoms. The van der Waals surface area contributed by atoms with Crippen LogP contribution < -0.4 is 0 Å². The zero-order valence-corrected chi connectivity index (χ0v) is 8.26. The Labute approximate surface area is 77.8 Å². The molecule has 0 aromatic heterocycles. The minimum Gasteiger partial charge on any atom is -0.389 e. The second-order valence-corrected chi connectivity index (χ2v) is 4.23. The predicted molar refractivity (Wildman–Crippen MR) is 51.5 cm³/mol. The lowest BCUT2D eigenvalue weighted by atomic mass is 10.3. The van der Waals surface area contributed by atoms with Crippen molar-refractivity contribution in [1.82, 2.24) is 4.90 Å². The van der Waals surface area contributed by atoms with E-state index in [1.807, 2.05) is 11.8 Å². The molecule has 12 heavy (non-hydrogen) atoms. The fourth-order valence-electron chi connectivity index (χ4n) is 1.46. The molecule has 0 aromatic rings. The highest BCUT2D eigenvalue weighted by molar-refractivity contribution is 7.98. The highest BCUT2D eigenvalue weighted by Gasteiger charge is 2.28. The van der Waals surface area contributed by atoms with Crippen molar-refractivity contribution in [3.05, 3.63) is 0 Å². The summed E-state index contributed by atoms with van der Waals surface area (Å²) in [4.78, 5) is 2.12. The summed E-state index contributed by atoms with van der Waals surface area (Å²) in [6.07, 6.45) is 2.17. The molecule has 1 heterocycles. The molecule has 1 aliphatic heterocycles. The maximum atomic E-state index is 9.23. The van der Waals surface area contributed by atoms with Crippen LogP contribution in [0.25, 0.3) is 0 Å². The molecule has 1 fully saturated rings. The van der Waals surface area contributed by atoms with Crippen molar-refractivity contribution in [3.63, 3.8) is 0 Å². The summed E-state index contributed by atoms with van der Waals surface area (Å²) in [7, 11) is 0. The molecule has 4 heteroatoms. The van der Waals surface area contributed by atoms with Gasteiger partial charge in [-0.05, 0) is 25.0 Å². The lowest BCUT2D eigenvalue weighted by molar-refractivity contribution is 0.0572. The van der Waals surface area contributed by atoms with Gasteiger partial charge in [-0.3, -0.25) is 4.90 Å². The zero-order chi connectivity index (χ0) is 8.97. The Bertz CT molecular complexity index is 124. The van der Waals surface area contributed by atoms with Crippen LogP contribution in [-0.2, 0) is 0 Å². The van der Waals surface area contributed by atoms with Crippen LogP contribution >= 0.6 is 11.8 Å².